The van der Waals surface area contributed by atoms with E-state index in [-0.39, 0.29) is 0 Å². The van der Waals surface area contributed by atoms with Gasteiger partial charge in [-0.25, -0.2) is 0 Å². The maximum absolute atomic E-state index is 12.7. The molecule has 2 heterocycles. The average molecular weight is 305 g/mol. The van der Waals surface area contributed by atoms with Gasteiger partial charge in [-0.15, -0.1) is 10.2 Å². The Hall–Kier alpha value is -1.15. The molecule has 21 heavy (non-hydrogen) atoms. The minimum Gasteiger partial charge on any atom is -0.314 e. The molecule has 0 bridgehead atoms. The number of hydrogen-bond acceptors (Lipinski definition) is 4. The quantitative estimate of drug-likeness (QED) is 0.872. The molecule has 1 aliphatic heterocycles. The van der Waals surface area contributed by atoms with Crippen LogP contribution in [-0.4, -0.2) is 45.3 Å². The second-order valence-electron chi connectivity index (χ2n) is 5.51. The van der Waals surface area contributed by atoms with Crippen LogP contribution in [0, 0.1) is 0 Å². The smallest absolute Gasteiger partial charge is 0.314 e. The van der Waals surface area contributed by atoms with Gasteiger partial charge in [0.25, 0.3) is 0 Å². The van der Waals surface area contributed by atoms with Crippen LogP contribution in [0.25, 0.3) is 0 Å². The first-order valence-electron chi connectivity index (χ1n) is 7.36. The van der Waals surface area contributed by atoms with Crippen molar-refractivity contribution < 1.29 is 13.2 Å². The van der Waals surface area contributed by atoms with Crippen molar-refractivity contribution >= 4 is 0 Å². The zero-order valence-corrected chi connectivity index (χ0v) is 12.4. The van der Waals surface area contributed by atoms with Crippen LogP contribution in [0.4, 0.5) is 13.2 Å². The zero-order valence-electron chi connectivity index (χ0n) is 12.4. The van der Waals surface area contributed by atoms with Crippen molar-refractivity contribution in [3.8, 4) is 0 Å². The van der Waals surface area contributed by atoms with Gasteiger partial charge in [0.05, 0.1) is 6.54 Å². The van der Waals surface area contributed by atoms with Crippen LogP contribution in [0.15, 0.2) is 0 Å². The second kappa shape index (κ2) is 6.74. The molecule has 0 spiro atoms. The summed E-state index contributed by atoms with van der Waals surface area (Å²) in [6, 6.07) is 0.412. The average Bonchev–Trinajstić information content (AvgIpc) is 2.85. The molecule has 1 unspecified atom stereocenters. The molecule has 0 fully saturated rings. The fourth-order valence-corrected chi connectivity index (χ4v) is 2.48. The molecule has 120 valence electrons. The molecule has 1 N–H and O–H groups in total. The molecule has 1 aromatic heterocycles. The lowest BCUT2D eigenvalue weighted by Crippen LogP contribution is -2.38. The Morgan fingerprint density at radius 3 is 2.71 bits per heavy atom. The summed E-state index contributed by atoms with van der Waals surface area (Å²) in [5.74, 6) is -0.474. The van der Waals surface area contributed by atoms with Crippen molar-refractivity contribution in [1.29, 1.82) is 0 Å². The maximum atomic E-state index is 12.7. The van der Waals surface area contributed by atoms with Crippen molar-refractivity contribution in [2.75, 3.05) is 19.6 Å². The Bertz CT molecular complexity index is 457. The van der Waals surface area contributed by atoms with Crippen LogP contribution in [0.3, 0.4) is 0 Å². The fourth-order valence-electron chi connectivity index (χ4n) is 2.48. The predicted molar refractivity (Wildman–Crippen MR) is 72.7 cm³/mol. The Labute approximate surface area is 122 Å². The minimum absolute atomic E-state index is 0.300. The first kappa shape index (κ1) is 16.2. The largest absolute Gasteiger partial charge is 0.451 e. The number of rotatable bonds is 6. The van der Waals surface area contributed by atoms with Crippen LogP contribution < -0.4 is 5.32 Å². The highest BCUT2D eigenvalue weighted by Gasteiger charge is 2.39. The van der Waals surface area contributed by atoms with Crippen LogP contribution in [0.5, 0.6) is 0 Å². The van der Waals surface area contributed by atoms with E-state index in [0.29, 0.717) is 31.5 Å². The van der Waals surface area contributed by atoms with E-state index in [2.05, 4.69) is 34.3 Å². The SMILES string of the molecule is CCCNC(C)CCN1CCn2c(nnc2C(F)(F)F)C1. The van der Waals surface area contributed by atoms with Gasteiger partial charge in [-0.3, -0.25) is 4.90 Å². The minimum atomic E-state index is -4.42. The summed E-state index contributed by atoms with van der Waals surface area (Å²) in [6.45, 7) is 7.43. The summed E-state index contributed by atoms with van der Waals surface area (Å²) in [6.07, 6.45) is -2.36. The van der Waals surface area contributed by atoms with Crippen molar-refractivity contribution in [3.05, 3.63) is 11.6 Å². The molecule has 0 aliphatic carbocycles. The highest BCUT2D eigenvalue weighted by Crippen LogP contribution is 2.29. The lowest BCUT2D eigenvalue weighted by molar-refractivity contribution is -0.148. The number of aromatic nitrogens is 3. The fraction of sp³-hybridized carbons (Fsp3) is 0.846. The van der Waals surface area contributed by atoms with Gasteiger partial charge < -0.3 is 9.88 Å². The van der Waals surface area contributed by atoms with Gasteiger partial charge in [0, 0.05) is 25.7 Å². The molecule has 1 aliphatic rings. The number of fused-ring (bicyclic) bond motifs is 1. The first-order chi connectivity index (χ1) is 9.91. The molecule has 0 saturated carbocycles. The molecule has 0 radical (unpaired) electrons. The van der Waals surface area contributed by atoms with Crippen LogP contribution in [0.2, 0.25) is 0 Å². The highest BCUT2D eigenvalue weighted by atomic mass is 19.4. The monoisotopic (exact) mass is 305 g/mol. The Morgan fingerprint density at radius 1 is 1.29 bits per heavy atom. The molecule has 0 amide bonds. The van der Waals surface area contributed by atoms with Gasteiger partial charge in [0.1, 0.15) is 5.82 Å². The van der Waals surface area contributed by atoms with Gasteiger partial charge in [-0.05, 0) is 26.3 Å². The van der Waals surface area contributed by atoms with E-state index < -0.39 is 12.0 Å². The van der Waals surface area contributed by atoms with E-state index in [1.54, 1.807) is 0 Å². The van der Waals surface area contributed by atoms with E-state index in [1.165, 1.54) is 4.57 Å². The first-order valence-corrected chi connectivity index (χ1v) is 7.36. The van der Waals surface area contributed by atoms with Crippen molar-refractivity contribution in [2.45, 2.75) is 52.0 Å². The molecule has 8 heteroatoms. The summed E-state index contributed by atoms with van der Waals surface area (Å²) >= 11 is 0. The van der Waals surface area contributed by atoms with E-state index in [4.69, 9.17) is 0 Å². The van der Waals surface area contributed by atoms with Gasteiger partial charge in [-0.2, -0.15) is 13.2 Å². The van der Waals surface area contributed by atoms with E-state index >= 15 is 0 Å². The third-order valence-corrected chi connectivity index (χ3v) is 3.71. The molecule has 5 nitrogen and oxygen atoms in total. The number of halogens is 3. The number of hydrogen-bond donors (Lipinski definition) is 1. The Balaban J connectivity index is 1.88. The summed E-state index contributed by atoms with van der Waals surface area (Å²) in [4.78, 5) is 2.13. The van der Waals surface area contributed by atoms with E-state index in [0.717, 1.165) is 25.9 Å². The van der Waals surface area contributed by atoms with Crippen molar-refractivity contribution in [2.24, 2.45) is 0 Å². The van der Waals surface area contributed by atoms with Crippen LogP contribution in [0.1, 0.15) is 38.3 Å². The molecule has 1 atom stereocenters. The number of nitrogens with one attached hydrogen (secondary N) is 1. The molecular weight excluding hydrogens is 283 g/mol. The molecule has 1 aromatic rings. The summed E-state index contributed by atoms with van der Waals surface area (Å²) in [5, 5.41) is 10.4. The van der Waals surface area contributed by atoms with E-state index in [9.17, 15) is 13.2 Å². The van der Waals surface area contributed by atoms with Crippen LogP contribution >= 0.6 is 0 Å². The molecule has 0 aromatic carbocycles. The van der Waals surface area contributed by atoms with Gasteiger partial charge >= 0.3 is 6.18 Å². The third-order valence-electron chi connectivity index (χ3n) is 3.71. The molecule has 2 rings (SSSR count). The summed E-state index contributed by atoms with van der Waals surface area (Å²) in [7, 11) is 0. The lowest BCUT2D eigenvalue weighted by atomic mass is 10.2. The van der Waals surface area contributed by atoms with Gasteiger partial charge in [0.15, 0.2) is 0 Å². The second-order valence-corrected chi connectivity index (χ2v) is 5.51. The number of nitrogens with zero attached hydrogens (tertiary/aromatic N) is 4. The van der Waals surface area contributed by atoms with Crippen molar-refractivity contribution in [1.82, 2.24) is 25.0 Å². The Kier molecular flexibility index (Phi) is 5.21. The predicted octanol–water partition coefficient (Wildman–Crippen LogP) is 1.89. The standard InChI is InChI=1S/C13H22F3N5/c1-3-5-17-10(2)4-6-20-7-8-21-11(9-20)18-19-12(21)13(14,15)16/h10,17H,3-9H2,1-2H3. The molecule has 0 saturated heterocycles. The summed E-state index contributed by atoms with van der Waals surface area (Å²) < 4.78 is 39.4. The topological polar surface area (TPSA) is 46.0 Å². The van der Waals surface area contributed by atoms with E-state index in [1.807, 2.05) is 0 Å². The normalized spacial score (nSPS) is 17.8. The third kappa shape index (κ3) is 4.16. The van der Waals surface area contributed by atoms with Crippen molar-refractivity contribution in [3.63, 3.8) is 0 Å². The van der Waals surface area contributed by atoms with Crippen LogP contribution in [-0.2, 0) is 19.3 Å². The van der Waals surface area contributed by atoms with Gasteiger partial charge in [-0.1, -0.05) is 6.92 Å². The van der Waals surface area contributed by atoms with Gasteiger partial charge in [0.2, 0.25) is 5.82 Å². The number of alkyl halides is 3. The maximum Gasteiger partial charge on any atom is 0.451 e. The summed E-state index contributed by atoms with van der Waals surface area (Å²) in [5.41, 5.74) is 0. The molecular formula is C13H22F3N5. The highest BCUT2D eigenvalue weighted by molar-refractivity contribution is 5.02. The Morgan fingerprint density at radius 2 is 2.05 bits per heavy atom. The lowest BCUT2D eigenvalue weighted by Gasteiger charge is -2.28. The zero-order chi connectivity index (χ0) is 15.5.